The summed E-state index contributed by atoms with van der Waals surface area (Å²) in [4.78, 5) is 1.35. The molecular formula is C10H17PS. The first kappa shape index (κ1) is 12.0. The molecule has 0 saturated heterocycles. The molecule has 1 unspecified atom stereocenters. The Morgan fingerprint density at radius 3 is 2.33 bits per heavy atom. The zero-order valence-electron chi connectivity index (χ0n) is 8.05. The van der Waals surface area contributed by atoms with Gasteiger partial charge in [0, 0.05) is 5.49 Å². The van der Waals surface area contributed by atoms with Gasteiger partial charge >= 0.3 is 0 Å². The largest absolute Gasteiger partial charge is 0.127 e. The fraction of sp³-hybridized carbons (Fsp3) is 0.400. The summed E-state index contributed by atoms with van der Waals surface area (Å²) in [6.07, 6.45) is 4.27. The molecule has 0 aliphatic heterocycles. The predicted molar refractivity (Wildman–Crippen MR) is 64.5 cm³/mol. The third-order valence-electron chi connectivity index (χ3n) is 1.22. The van der Waals surface area contributed by atoms with Gasteiger partial charge < -0.3 is 0 Å². The molecule has 0 nitrogen and oxygen atoms in total. The van der Waals surface area contributed by atoms with Crippen molar-refractivity contribution < 1.29 is 0 Å². The predicted octanol–water partition coefficient (Wildman–Crippen LogP) is 3.98. The molecule has 0 heterocycles. The summed E-state index contributed by atoms with van der Waals surface area (Å²) in [6.45, 7) is 10.1. The second-order valence-electron chi connectivity index (χ2n) is 2.80. The topological polar surface area (TPSA) is 0 Å². The maximum Gasteiger partial charge on any atom is 0.0123 e. The van der Waals surface area contributed by atoms with E-state index in [4.69, 9.17) is 0 Å². The Labute approximate surface area is 82.4 Å². The van der Waals surface area contributed by atoms with Gasteiger partial charge in [0.25, 0.3) is 0 Å². The van der Waals surface area contributed by atoms with E-state index in [0.717, 1.165) is 11.1 Å². The third kappa shape index (κ3) is 6.69. The van der Waals surface area contributed by atoms with Crippen molar-refractivity contribution in [3.8, 4) is 0 Å². The van der Waals surface area contributed by atoms with E-state index < -0.39 is 0 Å². The van der Waals surface area contributed by atoms with Crippen molar-refractivity contribution >= 4 is 21.0 Å². The summed E-state index contributed by atoms with van der Waals surface area (Å²) in [5, 5.41) is 0. The Hall–Kier alpha value is -0.0000000000000000555. The minimum atomic E-state index is 1.06. The SMILES string of the molecule is C=C(C)/C=C(C)\C=C(\C)SCP. The van der Waals surface area contributed by atoms with Crippen LogP contribution in [-0.2, 0) is 0 Å². The number of thioether (sulfide) groups is 1. The summed E-state index contributed by atoms with van der Waals surface area (Å²) >= 11 is 1.84. The van der Waals surface area contributed by atoms with E-state index in [2.05, 4.69) is 41.8 Å². The summed E-state index contributed by atoms with van der Waals surface area (Å²) in [7, 11) is 2.70. The average molecular weight is 200 g/mol. The highest BCUT2D eigenvalue weighted by Gasteiger charge is 1.88. The van der Waals surface area contributed by atoms with Gasteiger partial charge in [-0.3, -0.25) is 0 Å². The van der Waals surface area contributed by atoms with E-state index in [0.29, 0.717) is 0 Å². The van der Waals surface area contributed by atoms with Crippen LogP contribution in [0.2, 0.25) is 0 Å². The molecule has 0 radical (unpaired) electrons. The molecule has 2 heteroatoms. The van der Waals surface area contributed by atoms with Gasteiger partial charge in [-0.15, -0.1) is 21.0 Å². The first-order valence-corrected chi connectivity index (χ1v) is 5.71. The fourth-order valence-corrected chi connectivity index (χ4v) is 2.24. The second kappa shape index (κ2) is 6.51. The molecule has 0 amide bonds. The van der Waals surface area contributed by atoms with Gasteiger partial charge in [0.05, 0.1) is 0 Å². The molecule has 0 aliphatic carbocycles. The molecule has 0 aliphatic rings. The van der Waals surface area contributed by atoms with Crippen LogP contribution in [0, 0.1) is 0 Å². The van der Waals surface area contributed by atoms with E-state index in [1.165, 1.54) is 10.5 Å². The molecule has 0 spiro atoms. The van der Waals surface area contributed by atoms with Gasteiger partial charge in [0.15, 0.2) is 0 Å². The normalized spacial score (nSPS) is 13.3. The third-order valence-corrected chi connectivity index (χ3v) is 2.46. The molecule has 0 aromatic rings. The minimum absolute atomic E-state index is 1.06. The van der Waals surface area contributed by atoms with Gasteiger partial charge in [-0.25, -0.2) is 0 Å². The molecule has 68 valence electrons. The van der Waals surface area contributed by atoms with Crippen molar-refractivity contribution in [1.82, 2.24) is 0 Å². The zero-order chi connectivity index (χ0) is 9.56. The lowest BCUT2D eigenvalue weighted by Gasteiger charge is -1.98. The van der Waals surface area contributed by atoms with Crippen molar-refractivity contribution in [2.45, 2.75) is 20.8 Å². The highest BCUT2D eigenvalue weighted by atomic mass is 32.2. The maximum atomic E-state index is 3.83. The van der Waals surface area contributed by atoms with Crippen LogP contribution in [-0.4, -0.2) is 5.49 Å². The summed E-state index contributed by atoms with van der Waals surface area (Å²) < 4.78 is 0. The molecule has 0 saturated carbocycles. The van der Waals surface area contributed by atoms with Crippen molar-refractivity contribution in [3.63, 3.8) is 0 Å². The van der Waals surface area contributed by atoms with Gasteiger partial charge in [-0.05, 0) is 25.7 Å². The maximum absolute atomic E-state index is 3.83. The molecule has 12 heavy (non-hydrogen) atoms. The van der Waals surface area contributed by atoms with Crippen LogP contribution in [0.25, 0.3) is 0 Å². The summed E-state index contributed by atoms with van der Waals surface area (Å²) in [5.41, 5.74) is 3.43. The highest BCUT2D eigenvalue weighted by Crippen LogP contribution is 2.18. The smallest absolute Gasteiger partial charge is 0.0123 e. The monoisotopic (exact) mass is 200 g/mol. The van der Waals surface area contributed by atoms with Crippen LogP contribution in [0.3, 0.4) is 0 Å². The van der Waals surface area contributed by atoms with E-state index in [9.17, 15) is 0 Å². The molecule has 1 atom stereocenters. The van der Waals surface area contributed by atoms with Crippen LogP contribution in [0.15, 0.2) is 34.8 Å². The summed E-state index contributed by atoms with van der Waals surface area (Å²) in [6, 6.07) is 0. The standard InChI is InChI=1S/C10H17PS/c1-8(2)5-9(3)6-10(4)12-7-11/h5-6H,1,7,11H2,2-4H3/b9-5-,10-6-. The van der Waals surface area contributed by atoms with E-state index in [1.54, 1.807) is 0 Å². The lowest BCUT2D eigenvalue weighted by molar-refractivity contribution is 1.43. The molecule has 0 rings (SSSR count). The zero-order valence-corrected chi connectivity index (χ0v) is 10.0. The highest BCUT2D eigenvalue weighted by molar-refractivity contribution is 8.05. The minimum Gasteiger partial charge on any atom is -0.127 e. The van der Waals surface area contributed by atoms with Crippen molar-refractivity contribution in [1.29, 1.82) is 0 Å². The number of hydrogen-bond donors (Lipinski definition) is 0. The van der Waals surface area contributed by atoms with E-state index in [1.807, 2.05) is 18.7 Å². The Bertz CT molecular complexity index is 214. The van der Waals surface area contributed by atoms with Crippen LogP contribution < -0.4 is 0 Å². The van der Waals surface area contributed by atoms with E-state index >= 15 is 0 Å². The van der Waals surface area contributed by atoms with Gasteiger partial charge in [-0.1, -0.05) is 29.9 Å². The van der Waals surface area contributed by atoms with Crippen molar-refractivity contribution in [2.24, 2.45) is 0 Å². The van der Waals surface area contributed by atoms with Crippen LogP contribution in [0.1, 0.15) is 20.8 Å². The Kier molecular flexibility index (Phi) is 6.51. The average Bonchev–Trinajstić information content (AvgIpc) is 1.84. The first-order chi connectivity index (χ1) is 5.56. The molecule has 0 aromatic heterocycles. The Morgan fingerprint density at radius 1 is 1.33 bits per heavy atom. The van der Waals surface area contributed by atoms with Crippen LogP contribution >= 0.6 is 21.0 Å². The number of allylic oxidation sites excluding steroid dienone is 5. The van der Waals surface area contributed by atoms with Gasteiger partial charge in [-0.2, -0.15) is 0 Å². The van der Waals surface area contributed by atoms with Crippen LogP contribution in [0.5, 0.6) is 0 Å². The van der Waals surface area contributed by atoms with Crippen LogP contribution in [0.4, 0.5) is 0 Å². The van der Waals surface area contributed by atoms with E-state index in [-0.39, 0.29) is 0 Å². The Balaban J connectivity index is 4.22. The second-order valence-corrected chi connectivity index (χ2v) is 5.07. The lowest BCUT2D eigenvalue weighted by atomic mass is 10.2. The quantitative estimate of drug-likeness (QED) is 0.488. The molecule has 0 bridgehead atoms. The molecule has 0 fully saturated rings. The molecule has 0 aromatic carbocycles. The van der Waals surface area contributed by atoms with Gasteiger partial charge in [0.1, 0.15) is 0 Å². The first-order valence-electron chi connectivity index (χ1n) is 3.91. The molecular weight excluding hydrogens is 183 g/mol. The number of hydrogen-bond acceptors (Lipinski definition) is 1. The van der Waals surface area contributed by atoms with Crippen molar-refractivity contribution in [2.75, 3.05) is 5.49 Å². The fourth-order valence-electron chi connectivity index (χ4n) is 0.924. The summed E-state index contributed by atoms with van der Waals surface area (Å²) in [5.74, 6) is 0. The Morgan fingerprint density at radius 2 is 1.92 bits per heavy atom. The lowest BCUT2D eigenvalue weighted by Crippen LogP contribution is -1.74. The molecule has 0 N–H and O–H groups in total. The number of rotatable bonds is 4. The van der Waals surface area contributed by atoms with Crippen molar-refractivity contribution in [3.05, 3.63) is 34.8 Å². The van der Waals surface area contributed by atoms with Gasteiger partial charge in [0.2, 0.25) is 0 Å².